The summed E-state index contributed by atoms with van der Waals surface area (Å²) in [4.78, 5) is 32.0. The molecule has 0 spiro atoms. The molecule has 3 aromatic rings. The van der Waals surface area contributed by atoms with E-state index in [1.807, 2.05) is 48.5 Å². The van der Waals surface area contributed by atoms with Gasteiger partial charge in [-0.05, 0) is 85.9 Å². The van der Waals surface area contributed by atoms with E-state index >= 15 is 0 Å². The van der Waals surface area contributed by atoms with Gasteiger partial charge in [-0.25, -0.2) is 9.78 Å². The average molecular weight is 513 g/mol. The van der Waals surface area contributed by atoms with Crippen LogP contribution >= 0.6 is 0 Å². The summed E-state index contributed by atoms with van der Waals surface area (Å²) in [6.45, 7) is 3.57. The molecular weight excluding hydrogens is 476 g/mol. The number of nitrogens with zero attached hydrogens (tertiary/aromatic N) is 2. The highest BCUT2D eigenvalue weighted by atomic mass is 16.4. The number of aromatic nitrogens is 1. The van der Waals surface area contributed by atoms with E-state index in [0.717, 1.165) is 68.0 Å². The van der Waals surface area contributed by atoms with Crippen LogP contribution in [-0.2, 0) is 17.6 Å². The van der Waals surface area contributed by atoms with E-state index in [1.54, 1.807) is 6.07 Å². The van der Waals surface area contributed by atoms with Crippen molar-refractivity contribution in [3.8, 4) is 11.1 Å². The fraction of sp³-hybridized carbons (Fsp3) is 0.387. The number of carbonyl (C=O) groups excluding carboxylic acids is 1. The fourth-order valence-corrected chi connectivity index (χ4v) is 5.49. The van der Waals surface area contributed by atoms with Crippen LogP contribution in [0, 0.1) is 5.92 Å². The van der Waals surface area contributed by atoms with Gasteiger partial charge in [0.25, 0.3) is 5.91 Å². The number of hydrogen-bond acceptors (Lipinski definition) is 5. The number of nitrogens with one attached hydrogen (secondary N) is 2. The molecule has 7 heteroatoms. The first-order chi connectivity index (χ1) is 18.5. The van der Waals surface area contributed by atoms with Crippen molar-refractivity contribution in [1.82, 2.24) is 15.2 Å². The molecule has 1 saturated heterocycles. The molecular formula is C31H36N4O3. The van der Waals surface area contributed by atoms with Crippen molar-refractivity contribution in [1.29, 1.82) is 0 Å². The molecule has 0 unspecified atom stereocenters. The topological polar surface area (TPSA) is 94.6 Å². The monoisotopic (exact) mass is 512 g/mol. The maximum Gasteiger partial charge on any atom is 0.326 e. The van der Waals surface area contributed by atoms with E-state index < -0.39 is 12.0 Å². The van der Waals surface area contributed by atoms with Gasteiger partial charge in [-0.3, -0.25) is 4.79 Å². The molecule has 0 saturated carbocycles. The molecule has 0 radical (unpaired) electrons. The molecule has 5 rings (SSSR count). The van der Waals surface area contributed by atoms with Crippen molar-refractivity contribution in [2.45, 2.75) is 44.6 Å². The molecule has 2 aromatic carbocycles. The normalized spacial score (nSPS) is 17.8. The summed E-state index contributed by atoms with van der Waals surface area (Å²) in [5.74, 6) is 0.275. The fourth-order valence-electron chi connectivity index (χ4n) is 5.49. The number of anilines is 1. The van der Waals surface area contributed by atoms with Gasteiger partial charge in [0.05, 0.1) is 0 Å². The van der Waals surface area contributed by atoms with Crippen LogP contribution in [0.4, 0.5) is 5.82 Å². The number of rotatable bonds is 10. The number of carbonyl (C=O) groups is 2. The van der Waals surface area contributed by atoms with Crippen LogP contribution in [0.3, 0.4) is 0 Å². The Morgan fingerprint density at radius 2 is 1.92 bits per heavy atom. The summed E-state index contributed by atoms with van der Waals surface area (Å²) in [5, 5.41) is 15.9. The molecule has 198 valence electrons. The largest absolute Gasteiger partial charge is 0.480 e. The number of benzene rings is 2. The Morgan fingerprint density at radius 1 is 1.08 bits per heavy atom. The number of likely N-dealkylation sites (tertiary alicyclic amines) is 1. The Morgan fingerprint density at radius 3 is 2.76 bits per heavy atom. The lowest BCUT2D eigenvalue weighted by Gasteiger charge is -2.20. The van der Waals surface area contributed by atoms with Crippen LogP contribution in [0.2, 0.25) is 0 Å². The zero-order valence-electron chi connectivity index (χ0n) is 21.7. The van der Waals surface area contributed by atoms with Crippen molar-refractivity contribution in [2.75, 3.05) is 31.5 Å². The van der Waals surface area contributed by atoms with Crippen molar-refractivity contribution in [2.24, 2.45) is 5.92 Å². The smallest absolute Gasteiger partial charge is 0.326 e. The van der Waals surface area contributed by atoms with Gasteiger partial charge in [-0.2, -0.15) is 0 Å². The molecule has 0 bridgehead atoms. The van der Waals surface area contributed by atoms with Crippen molar-refractivity contribution in [3.63, 3.8) is 0 Å². The zero-order chi connectivity index (χ0) is 26.3. The van der Waals surface area contributed by atoms with Crippen LogP contribution in [0.25, 0.3) is 11.1 Å². The second-order valence-corrected chi connectivity index (χ2v) is 10.4. The maximum absolute atomic E-state index is 12.9. The summed E-state index contributed by atoms with van der Waals surface area (Å²) in [6.07, 6.45) is 5.80. The Bertz CT molecular complexity index is 1260. The van der Waals surface area contributed by atoms with E-state index in [4.69, 9.17) is 4.98 Å². The van der Waals surface area contributed by atoms with Gasteiger partial charge in [0.1, 0.15) is 11.9 Å². The molecule has 3 heterocycles. The van der Waals surface area contributed by atoms with E-state index in [1.165, 1.54) is 12.0 Å². The summed E-state index contributed by atoms with van der Waals surface area (Å²) in [7, 11) is 0. The lowest BCUT2D eigenvalue weighted by atomic mass is 10.00. The molecule has 2 aliphatic rings. The minimum absolute atomic E-state index is 0.360. The number of pyridine rings is 1. The lowest BCUT2D eigenvalue weighted by molar-refractivity contribution is -0.139. The highest BCUT2D eigenvalue weighted by Gasteiger charge is 2.26. The minimum atomic E-state index is -1.000. The summed E-state index contributed by atoms with van der Waals surface area (Å²) >= 11 is 0. The standard InChI is InChI=1S/C31H36N4O3/c36-30(26-9-4-8-25(20-26)23-6-2-1-3-7-23)34-28(31(37)38)16-19-35-18-15-22(21-35)11-13-27-14-12-24-10-5-17-32-29(24)33-27/h1-4,6-9,12,14,20,22,28H,5,10-11,13,15-19,21H2,(H,32,33)(H,34,36)(H,37,38)/t22-,28-/m1/s1. The number of amides is 1. The van der Waals surface area contributed by atoms with E-state index in [0.29, 0.717) is 24.4 Å². The summed E-state index contributed by atoms with van der Waals surface area (Å²) < 4.78 is 0. The molecule has 1 amide bonds. The van der Waals surface area contributed by atoms with Gasteiger partial charge in [0.15, 0.2) is 0 Å². The summed E-state index contributed by atoms with van der Waals surface area (Å²) in [5.41, 5.74) is 4.86. The van der Waals surface area contributed by atoms with Crippen LogP contribution in [0.1, 0.15) is 47.3 Å². The zero-order valence-corrected chi connectivity index (χ0v) is 21.7. The van der Waals surface area contributed by atoms with Crippen molar-refractivity contribution < 1.29 is 14.7 Å². The van der Waals surface area contributed by atoms with Crippen LogP contribution < -0.4 is 10.6 Å². The molecule has 1 fully saturated rings. The minimum Gasteiger partial charge on any atom is -0.480 e. The number of fused-ring (bicyclic) bond motifs is 1. The third-order valence-electron chi connectivity index (χ3n) is 7.70. The van der Waals surface area contributed by atoms with Gasteiger partial charge in [-0.15, -0.1) is 0 Å². The third kappa shape index (κ3) is 6.58. The second kappa shape index (κ2) is 12.2. The quantitative estimate of drug-likeness (QED) is 0.367. The second-order valence-electron chi connectivity index (χ2n) is 10.4. The molecule has 38 heavy (non-hydrogen) atoms. The predicted molar refractivity (Wildman–Crippen MR) is 149 cm³/mol. The van der Waals surface area contributed by atoms with Crippen LogP contribution in [-0.4, -0.2) is 59.1 Å². The molecule has 0 aliphatic carbocycles. The average Bonchev–Trinajstić information content (AvgIpc) is 3.42. The SMILES string of the molecule is O=C(N[C@H](CCN1CC[C@@H](CCc2ccc3c(n2)NCCC3)C1)C(=O)O)c1cccc(-c2ccccc2)c1. The number of carboxylic acid groups (broad SMARTS) is 1. The first-order valence-electron chi connectivity index (χ1n) is 13.7. The predicted octanol–water partition coefficient (Wildman–Crippen LogP) is 4.63. The number of aliphatic carboxylic acids is 1. The third-order valence-corrected chi connectivity index (χ3v) is 7.70. The molecule has 2 atom stereocenters. The van der Waals surface area contributed by atoms with Crippen LogP contribution in [0.15, 0.2) is 66.7 Å². The van der Waals surface area contributed by atoms with E-state index in [9.17, 15) is 14.7 Å². The first kappa shape index (κ1) is 25.9. The van der Waals surface area contributed by atoms with Crippen LogP contribution in [0.5, 0.6) is 0 Å². The van der Waals surface area contributed by atoms with Gasteiger partial charge in [0, 0.05) is 30.9 Å². The highest BCUT2D eigenvalue weighted by molar-refractivity contribution is 5.97. The number of hydrogen-bond donors (Lipinski definition) is 3. The Labute approximate surface area is 224 Å². The Hall–Kier alpha value is -3.71. The van der Waals surface area contributed by atoms with Gasteiger partial charge in [0.2, 0.25) is 0 Å². The highest BCUT2D eigenvalue weighted by Crippen LogP contribution is 2.24. The Kier molecular flexibility index (Phi) is 8.34. The number of carboxylic acids is 1. The lowest BCUT2D eigenvalue weighted by Crippen LogP contribution is -2.43. The van der Waals surface area contributed by atoms with E-state index in [-0.39, 0.29) is 5.91 Å². The van der Waals surface area contributed by atoms with E-state index in [2.05, 4.69) is 27.7 Å². The molecule has 3 N–H and O–H groups in total. The number of aryl methyl sites for hydroxylation is 2. The van der Waals surface area contributed by atoms with Gasteiger partial charge < -0.3 is 20.6 Å². The maximum atomic E-state index is 12.9. The molecule has 7 nitrogen and oxygen atoms in total. The summed E-state index contributed by atoms with van der Waals surface area (Å²) in [6, 6.07) is 20.6. The molecule has 2 aliphatic heterocycles. The van der Waals surface area contributed by atoms with Gasteiger partial charge >= 0.3 is 5.97 Å². The molecule has 1 aromatic heterocycles. The van der Waals surface area contributed by atoms with Crippen molar-refractivity contribution in [3.05, 3.63) is 83.6 Å². The first-order valence-corrected chi connectivity index (χ1v) is 13.7. The Balaban J connectivity index is 1.10. The van der Waals surface area contributed by atoms with Crippen molar-refractivity contribution >= 4 is 17.7 Å². The van der Waals surface area contributed by atoms with Gasteiger partial charge in [-0.1, -0.05) is 48.5 Å².